The van der Waals surface area contributed by atoms with Gasteiger partial charge in [-0.2, -0.15) is 0 Å². The van der Waals surface area contributed by atoms with Gasteiger partial charge in [-0.3, -0.25) is 0 Å². The van der Waals surface area contributed by atoms with Gasteiger partial charge in [0.2, 0.25) is 0 Å². The standard InChI is InChI=1S/C8H7Cl2F/c9-8(10)7(11)6-4-2-1-3-5-6/h1-5,7-8H. The zero-order valence-electron chi connectivity index (χ0n) is 5.68. The third kappa shape index (κ3) is 2.35. The molecule has 3 heteroatoms. The van der Waals surface area contributed by atoms with Crippen LogP contribution in [0.4, 0.5) is 4.39 Å². The quantitative estimate of drug-likeness (QED) is 0.630. The SMILES string of the molecule is FC(c1ccccc1)C(Cl)Cl. The first-order chi connectivity index (χ1) is 5.22. The van der Waals surface area contributed by atoms with E-state index in [0.29, 0.717) is 5.56 Å². The van der Waals surface area contributed by atoms with E-state index in [-0.39, 0.29) is 0 Å². The summed E-state index contributed by atoms with van der Waals surface area (Å²) in [5, 5.41) is 0. The third-order valence-corrected chi connectivity index (χ3v) is 1.78. The van der Waals surface area contributed by atoms with E-state index in [1.165, 1.54) is 0 Å². The number of rotatable bonds is 2. The normalized spacial score (nSPS) is 13.5. The van der Waals surface area contributed by atoms with Crippen LogP contribution in [0.15, 0.2) is 30.3 Å². The maximum absolute atomic E-state index is 13.0. The Labute approximate surface area is 74.9 Å². The molecule has 0 aliphatic heterocycles. The lowest BCUT2D eigenvalue weighted by Gasteiger charge is -2.07. The lowest BCUT2D eigenvalue weighted by atomic mass is 10.1. The number of halogens is 3. The lowest BCUT2D eigenvalue weighted by Crippen LogP contribution is -1.99. The van der Waals surface area contributed by atoms with Gasteiger partial charge in [0, 0.05) is 0 Å². The van der Waals surface area contributed by atoms with Crippen molar-refractivity contribution in [3.8, 4) is 0 Å². The summed E-state index contributed by atoms with van der Waals surface area (Å²) in [7, 11) is 0. The van der Waals surface area contributed by atoms with Crippen LogP contribution in [0.5, 0.6) is 0 Å². The van der Waals surface area contributed by atoms with Crippen molar-refractivity contribution >= 4 is 23.2 Å². The first kappa shape index (κ1) is 8.82. The van der Waals surface area contributed by atoms with Gasteiger partial charge in [-0.1, -0.05) is 30.3 Å². The molecular formula is C8H7Cl2F. The van der Waals surface area contributed by atoms with E-state index in [9.17, 15) is 4.39 Å². The van der Waals surface area contributed by atoms with Crippen LogP contribution >= 0.6 is 23.2 Å². The minimum atomic E-state index is -1.29. The number of hydrogen-bond donors (Lipinski definition) is 0. The summed E-state index contributed by atoms with van der Waals surface area (Å²) in [5.41, 5.74) is 0.516. The minimum absolute atomic E-state index is 0.516. The molecule has 0 nitrogen and oxygen atoms in total. The van der Waals surface area contributed by atoms with Crippen LogP contribution in [0.2, 0.25) is 0 Å². The Morgan fingerprint density at radius 1 is 1.09 bits per heavy atom. The average molecular weight is 193 g/mol. The van der Waals surface area contributed by atoms with Gasteiger partial charge in [0.15, 0.2) is 6.17 Å². The highest BCUT2D eigenvalue weighted by molar-refractivity contribution is 6.44. The molecule has 0 spiro atoms. The third-order valence-electron chi connectivity index (χ3n) is 1.34. The molecule has 1 rings (SSSR count). The van der Waals surface area contributed by atoms with Crippen LogP contribution in [-0.2, 0) is 0 Å². The molecule has 1 aromatic rings. The van der Waals surface area contributed by atoms with E-state index in [1.807, 2.05) is 6.07 Å². The van der Waals surface area contributed by atoms with E-state index < -0.39 is 11.0 Å². The van der Waals surface area contributed by atoms with E-state index in [0.717, 1.165) is 0 Å². The van der Waals surface area contributed by atoms with Crippen LogP contribution in [0.25, 0.3) is 0 Å². The number of hydrogen-bond acceptors (Lipinski definition) is 0. The van der Waals surface area contributed by atoms with E-state index >= 15 is 0 Å². The second-order valence-corrected chi connectivity index (χ2v) is 3.31. The Balaban J connectivity index is 2.77. The summed E-state index contributed by atoms with van der Waals surface area (Å²) >= 11 is 10.7. The zero-order chi connectivity index (χ0) is 8.27. The monoisotopic (exact) mass is 192 g/mol. The molecule has 0 aromatic heterocycles. The van der Waals surface area contributed by atoms with E-state index in [4.69, 9.17) is 23.2 Å². The van der Waals surface area contributed by atoms with Gasteiger partial charge >= 0.3 is 0 Å². The summed E-state index contributed by atoms with van der Waals surface area (Å²) in [6.07, 6.45) is -1.29. The van der Waals surface area contributed by atoms with Crippen molar-refractivity contribution in [1.82, 2.24) is 0 Å². The molecule has 0 fully saturated rings. The molecular weight excluding hydrogens is 186 g/mol. The van der Waals surface area contributed by atoms with Crippen molar-refractivity contribution in [2.75, 3.05) is 0 Å². The molecule has 1 aromatic carbocycles. The van der Waals surface area contributed by atoms with Crippen molar-refractivity contribution in [3.05, 3.63) is 35.9 Å². The maximum atomic E-state index is 13.0. The Morgan fingerprint density at radius 2 is 1.64 bits per heavy atom. The Hall–Kier alpha value is -0.270. The van der Waals surface area contributed by atoms with Gasteiger partial charge in [-0.25, -0.2) is 4.39 Å². The van der Waals surface area contributed by atoms with Crippen LogP contribution in [0, 0.1) is 0 Å². The van der Waals surface area contributed by atoms with Crippen LogP contribution in [0.1, 0.15) is 11.7 Å². The summed E-state index contributed by atoms with van der Waals surface area (Å²) in [4.78, 5) is -0.989. The number of alkyl halides is 3. The van der Waals surface area contributed by atoms with Gasteiger partial charge in [0.25, 0.3) is 0 Å². The van der Waals surface area contributed by atoms with Crippen LogP contribution in [-0.4, -0.2) is 4.84 Å². The second kappa shape index (κ2) is 3.93. The fourth-order valence-corrected chi connectivity index (χ4v) is 1.07. The van der Waals surface area contributed by atoms with Crippen molar-refractivity contribution in [2.24, 2.45) is 0 Å². The predicted octanol–water partition coefficient (Wildman–Crippen LogP) is 3.50. The smallest absolute Gasteiger partial charge is 0.155 e. The molecule has 0 bridgehead atoms. The summed E-state index contributed by atoms with van der Waals surface area (Å²) in [5.74, 6) is 0. The maximum Gasteiger partial charge on any atom is 0.155 e. The molecule has 1 atom stereocenters. The van der Waals surface area contributed by atoms with Gasteiger partial charge in [-0.15, -0.1) is 23.2 Å². The molecule has 0 radical (unpaired) electrons. The first-order valence-corrected chi connectivity index (χ1v) is 4.06. The van der Waals surface area contributed by atoms with Crippen molar-refractivity contribution in [2.45, 2.75) is 11.0 Å². The fraction of sp³-hybridized carbons (Fsp3) is 0.250. The Morgan fingerprint density at radius 3 is 2.09 bits per heavy atom. The van der Waals surface area contributed by atoms with Gasteiger partial charge in [0.1, 0.15) is 4.84 Å². The highest BCUT2D eigenvalue weighted by atomic mass is 35.5. The topological polar surface area (TPSA) is 0 Å². The summed E-state index contributed by atoms with van der Waals surface area (Å²) in [6.45, 7) is 0. The molecule has 0 saturated carbocycles. The fourth-order valence-electron chi connectivity index (χ4n) is 0.782. The van der Waals surface area contributed by atoms with Crippen molar-refractivity contribution in [3.63, 3.8) is 0 Å². The molecule has 0 heterocycles. The average Bonchev–Trinajstić information content (AvgIpc) is 2.05. The largest absolute Gasteiger partial charge is 0.239 e. The second-order valence-electron chi connectivity index (χ2n) is 2.15. The van der Waals surface area contributed by atoms with Crippen molar-refractivity contribution < 1.29 is 4.39 Å². The molecule has 60 valence electrons. The molecule has 0 aliphatic carbocycles. The van der Waals surface area contributed by atoms with E-state index in [2.05, 4.69) is 0 Å². The predicted molar refractivity (Wildman–Crippen MR) is 45.8 cm³/mol. The molecule has 0 N–H and O–H groups in total. The zero-order valence-corrected chi connectivity index (χ0v) is 7.19. The van der Waals surface area contributed by atoms with E-state index in [1.54, 1.807) is 24.3 Å². The molecule has 1 unspecified atom stereocenters. The molecule has 11 heavy (non-hydrogen) atoms. The summed E-state index contributed by atoms with van der Waals surface area (Å²) < 4.78 is 13.0. The van der Waals surface area contributed by atoms with Gasteiger partial charge in [0.05, 0.1) is 0 Å². The lowest BCUT2D eigenvalue weighted by molar-refractivity contribution is 0.364. The van der Waals surface area contributed by atoms with Crippen molar-refractivity contribution in [1.29, 1.82) is 0 Å². The summed E-state index contributed by atoms with van der Waals surface area (Å²) in [6, 6.07) is 8.62. The molecule has 0 aliphatic rings. The van der Waals surface area contributed by atoms with Gasteiger partial charge < -0.3 is 0 Å². The first-order valence-electron chi connectivity index (χ1n) is 3.19. The van der Waals surface area contributed by atoms with Crippen LogP contribution in [0.3, 0.4) is 0 Å². The Bertz CT molecular complexity index is 211. The number of benzene rings is 1. The Kier molecular flexibility index (Phi) is 3.16. The molecule has 0 amide bonds. The molecule has 0 saturated heterocycles. The highest BCUT2D eigenvalue weighted by Crippen LogP contribution is 2.27. The highest BCUT2D eigenvalue weighted by Gasteiger charge is 2.16. The minimum Gasteiger partial charge on any atom is -0.239 e. The van der Waals surface area contributed by atoms with Crippen LogP contribution < -0.4 is 0 Å². The van der Waals surface area contributed by atoms with Gasteiger partial charge in [-0.05, 0) is 5.56 Å².